The van der Waals surface area contributed by atoms with Crippen molar-refractivity contribution in [1.29, 1.82) is 0 Å². The van der Waals surface area contributed by atoms with E-state index in [0.717, 1.165) is 25.7 Å². The fourth-order valence-electron chi connectivity index (χ4n) is 3.01. The smallest absolute Gasteiger partial charge is 0.239 e. The first-order valence-corrected chi connectivity index (χ1v) is 7.34. The van der Waals surface area contributed by atoms with Crippen molar-refractivity contribution in [3.63, 3.8) is 0 Å². The van der Waals surface area contributed by atoms with Gasteiger partial charge in [-0.1, -0.05) is 19.8 Å². The molecular formula is C14H27ClN2O3. The van der Waals surface area contributed by atoms with Crippen LogP contribution in [0.15, 0.2) is 0 Å². The maximum absolute atomic E-state index is 12.2. The zero-order chi connectivity index (χ0) is 13.9. The number of hydrogen-bond acceptors (Lipinski definition) is 4. The van der Waals surface area contributed by atoms with Crippen LogP contribution in [-0.2, 0) is 9.53 Å². The van der Waals surface area contributed by atoms with Crippen molar-refractivity contribution in [2.75, 3.05) is 19.7 Å². The highest BCUT2D eigenvalue weighted by Crippen LogP contribution is 2.35. The standard InChI is InChI=1S/C14H26N2O3.ClH/c1-10-12(15-7-8-19-10)13(18)16-9-14(2)6-4-3-5-11(14)17;/h10-12,15,17H,3-9H2,1-2H3,(H,16,18);1H/t10-,11?,12+,14?;/m1./s1. The molecule has 2 rings (SSSR count). The molecule has 118 valence electrons. The molecular weight excluding hydrogens is 280 g/mol. The average molecular weight is 307 g/mol. The number of nitrogens with one attached hydrogen (secondary N) is 2. The van der Waals surface area contributed by atoms with Gasteiger partial charge in [-0.05, 0) is 19.8 Å². The molecule has 1 aliphatic carbocycles. The summed E-state index contributed by atoms with van der Waals surface area (Å²) in [5.74, 6) is -0.0220. The Kier molecular flexibility index (Phi) is 6.72. The van der Waals surface area contributed by atoms with Crippen LogP contribution in [-0.4, -0.2) is 49.0 Å². The van der Waals surface area contributed by atoms with Crippen molar-refractivity contribution in [2.24, 2.45) is 5.41 Å². The van der Waals surface area contributed by atoms with E-state index >= 15 is 0 Å². The highest BCUT2D eigenvalue weighted by atomic mass is 35.5. The average Bonchev–Trinajstić information content (AvgIpc) is 2.40. The maximum Gasteiger partial charge on any atom is 0.239 e. The second-order valence-electron chi connectivity index (χ2n) is 6.14. The predicted octanol–water partition coefficient (Wildman–Crippen LogP) is 0.842. The molecule has 3 N–H and O–H groups in total. The maximum atomic E-state index is 12.2. The topological polar surface area (TPSA) is 70.6 Å². The highest BCUT2D eigenvalue weighted by Gasteiger charge is 2.37. The minimum atomic E-state index is -0.311. The van der Waals surface area contributed by atoms with Crippen LogP contribution in [0.4, 0.5) is 0 Å². The summed E-state index contributed by atoms with van der Waals surface area (Å²) in [6.45, 7) is 5.88. The van der Waals surface area contributed by atoms with Crippen molar-refractivity contribution < 1.29 is 14.6 Å². The van der Waals surface area contributed by atoms with Crippen LogP contribution in [0.2, 0.25) is 0 Å². The Morgan fingerprint density at radius 2 is 2.25 bits per heavy atom. The van der Waals surface area contributed by atoms with Gasteiger partial charge in [-0.25, -0.2) is 0 Å². The van der Waals surface area contributed by atoms with Crippen LogP contribution in [0.25, 0.3) is 0 Å². The lowest BCUT2D eigenvalue weighted by Crippen LogP contribution is -2.57. The van der Waals surface area contributed by atoms with Crippen LogP contribution in [0.5, 0.6) is 0 Å². The number of rotatable bonds is 3. The number of ether oxygens (including phenoxy) is 1. The normalized spacial score (nSPS) is 37.9. The van der Waals surface area contributed by atoms with Crippen LogP contribution < -0.4 is 10.6 Å². The largest absolute Gasteiger partial charge is 0.392 e. The Hall–Kier alpha value is -0.360. The predicted molar refractivity (Wildman–Crippen MR) is 80.0 cm³/mol. The molecule has 1 amide bonds. The Balaban J connectivity index is 0.00000200. The molecule has 0 aromatic heterocycles. The molecule has 0 bridgehead atoms. The van der Waals surface area contributed by atoms with Crippen LogP contribution in [0, 0.1) is 5.41 Å². The van der Waals surface area contributed by atoms with Crippen molar-refractivity contribution in [3.05, 3.63) is 0 Å². The third-order valence-corrected chi connectivity index (χ3v) is 4.55. The quantitative estimate of drug-likeness (QED) is 0.723. The van der Waals surface area contributed by atoms with Gasteiger partial charge in [0.2, 0.25) is 5.91 Å². The first kappa shape index (κ1) is 17.7. The van der Waals surface area contributed by atoms with Crippen LogP contribution in [0.1, 0.15) is 39.5 Å². The molecule has 2 unspecified atom stereocenters. The van der Waals surface area contributed by atoms with E-state index in [1.807, 2.05) is 6.92 Å². The van der Waals surface area contributed by atoms with Gasteiger partial charge in [0, 0.05) is 18.5 Å². The summed E-state index contributed by atoms with van der Waals surface area (Å²) in [6.07, 6.45) is 3.61. The SMILES string of the molecule is C[C@H]1OCCN[C@@H]1C(=O)NCC1(C)CCCCC1O.Cl. The molecule has 1 aliphatic heterocycles. The minimum absolute atomic E-state index is 0. The summed E-state index contributed by atoms with van der Waals surface area (Å²) in [5.41, 5.74) is -0.188. The Bertz CT molecular complexity index is 330. The third-order valence-electron chi connectivity index (χ3n) is 4.55. The third kappa shape index (κ3) is 4.07. The monoisotopic (exact) mass is 306 g/mol. The van der Waals surface area contributed by atoms with Crippen molar-refractivity contribution >= 4 is 18.3 Å². The first-order valence-electron chi connectivity index (χ1n) is 7.34. The molecule has 1 heterocycles. The molecule has 0 aromatic rings. The zero-order valence-corrected chi connectivity index (χ0v) is 13.2. The molecule has 6 heteroatoms. The number of halogens is 1. The summed E-state index contributed by atoms with van der Waals surface area (Å²) in [5, 5.41) is 16.3. The number of morpholine rings is 1. The summed E-state index contributed by atoms with van der Waals surface area (Å²) in [7, 11) is 0. The first-order chi connectivity index (χ1) is 9.03. The van der Waals surface area contributed by atoms with E-state index < -0.39 is 0 Å². The van der Waals surface area contributed by atoms with Crippen molar-refractivity contribution in [1.82, 2.24) is 10.6 Å². The molecule has 20 heavy (non-hydrogen) atoms. The summed E-state index contributed by atoms with van der Waals surface area (Å²) in [6, 6.07) is -0.280. The van der Waals surface area contributed by atoms with Crippen LogP contribution >= 0.6 is 12.4 Å². The Labute approximate surface area is 127 Å². The van der Waals surface area contributed by atoms with Crippen molar-refractivity contribution in [3.8, 4) is 0 Å². The van der Waals surface area contributed by atoms with Gasteiger partial charge in [-0.2, -0.15) is 0 Å². The molecule has 0 aromatic carbocycles. The molecule has 1 saturated heterocycles. The molecule has 1 saturated carbocycles. The summed E-state index contributed by atoms with van der Waals surface area (Å²) in [4.78, 5) is 12.2. The fraction of sp³-hybridized carbons (Fsp3) is 0.929. The van der Waals surface area contributed by atoms with Gasteiger partial charge in [-0.15, -0.1) is 12.4 Å². The zero-order valence-electron chi connectivity index (χ0n) is 12.4. The van der Waals surface area contributed by atoms with Crippen LogP contribution in [0.3, 0.4) is 0 Å². The van der Waals surface area contributed by atoms with E-state index in [2.05, 4.69) is 17.6 Å². The van der Waals surface area contributed by atoms with E-state index in [4.69, 9.17) is 4.74 Å². The molecule has 5 nitrogen and oxygen atoms in total. The highest BCUT2D eigenvalue weighted by molar-refractivity contribution is 5.85. The van der Waals surface area contributed by atoms with Gasteiger partial charge >= 0.3 is 0 Å². The van der Waals surface area contributed by atoms with E-state index in [-0.39, 0.29) is 42.0 Å². The van der Waals surface area contributed by atoms with E-state index in [1.54, 1.807) is 0 Å². The van der Waals surface area contributed by atoms with Gasteiger partial charge < -0.3 is 20.5 Å². The Morgan fingerprint density at radius 3 is 2.90 bits per heavy atom. The lowest BCUT2D eigenvalue weighted by molar-refractivity contribution is -0.130. The molecule has 2 aliphatic rings. The van der Waals surface area contributed by atoms with Gasteiger partial charge in [-0.3, -0.25) is 4.79 Å². The number of hydrogen-bond donors (Lipinski definition) is 3. The number of aliphatic hydroxyl groups is 1. The fourth-order valence-corrected chi connectivity index (χ4v) is 3.01. The number of aliphatic hydroxyl groups excluding tert-OH is 1. The van der Waals surface area contributed by atoms with Gasteiger partial charge in [0.15, 0.2) is 0 Å². The second-order valence-corrected chi connectivity index (χ2v) is 6.14. The number of amides is 1. The second kappa shape index (κ2) is 7.59. The molecule has 0 spiro atoms. The van der Waals surface area contributed by atoms with Crippen molar-refractivity contribution in [2.45, 2.75) is 57.8 Å². The van der Waals surface area contributed by atoms with E-state index in [9.17, 15) is 9.90 Å². The number of carbonyl (C=O) groups is 1. The summed E-state index contributed by atoms with van der Waals surface area (Å²) < 4.78 is 5.48. The molecule has 2 fully saturated rings. The molecule has 4 atom stereocenters. The Morgan fingerprint density at radius 1 is 1.50 bits per heavy atom. The lowest BCUT2D eigenvalue weighted by Gasteiger charge is -2.39. The summed E-state index contributed by atoms with van der Waals surface area (Å²) >= 11 is 0. The van der Waals surface area contributed by atoms with E-state index in [1.165, 1.54) is 0 Å². The minimum Gasteiger partial charge on any atom is -0.392 e. The van der Waals surface area contributed by atoms with E-state index in [0.29, 0.717) is 19.7 Å². The number of carbonyl (C=O) groups excluding carboxylic acids is 1. The van der Waals surface area contributed by atoms with Gasteiger partial charge in [0.05, 0.1) is 18.8 Å². The van der Waals surface area contributed by atoms with Gasteiger partial charge in [0.25, 0.3) is 0 Å². The molecule has 0 radical (unpaired) electrons. The lowest BCUT2D eigenvalue weighted by atomic mass is 9.73. The van der Waals surface area contributed by atoms with Gasteiger partial charge in [0.1, 0.15) is 6.04 Å².